The molecule has 0 aliphatic rings. The van der Waals surface area contributed by atoms with E-state index in [0.29, 0.717) is 12.0 Å². The molecule has 0 unspecified atom stereocenters. The number of unbranched alkanes of at least 4 members (excludes halogenated alkanes) is 5. The van der Waals surface area contributed by atoms with E-state index in [0.717, 1.165) is 0 Å². The van der Waals surface area contributed by atoms with Crippen LogP contribution in [0.4, 0.5) is 0 Å². The number of rotatable bonds is 9. The summed E-state index contributed by atoms with van der Waals surface area (Å²) in [5.41, 5.74) is 6.16. The lowest BCUT2D eigenvalue weighted by molar-refractivity contribution is 0.112. The Labute approximate surface area is 141 Å². The lowest BCUT2D eigenvalue weighted by Crippen LogP contribution is -2.31. The zero-order chi connectivity index (χ0) is 17.7. The first-order valence-corrected chi connectivity index (χ1v) is 8.45. The quantitative estimate of drug-likeness (QED) is 0.511. The SMILES string of the molecule is CCCCCCCCC(C)(C)N.COc1cccc(C=O)c1O. The molecule has 0 heterocycles. The Kier molecular flexibility index (Phi) is 11.1. The van der Waals surface area contributed by atoms with E-state index in [1.54, 1.807) is 12.1 Å². The minimum Gasteiger partial charge on any atom is -0.504 e. The first kappa shape index (κ1) is 21.4. The summed E-state index contributed by atoms with van der Waals surface area (Å²) in [7, 11) is 1.43. The van der Waals surface area contributed by atoms with Crippen LogP contribution in [0.5, 0.6) is 11.5 Å². The predicted molar refractivity (Wildman–Crippen MR) is 96.3 cm³/mol. The molecule has 3 N–H and O–H groups in total. The number of hydrogen-bond donors (Lipinski definition) is 2. The number of aldehydes is 1. The van der Waals surface area contributed by atoms with Crippen LogP contribution in [0.1, 0.15) is 76.1 Å². The molecule has 0 radical (unpaired) electrons. The summed E-state index contributed by atoms with van der Waals surface area (Å²) in [6, 6.07) is 4.75. The molecule has 4 nitrogen and oxygen atoms in total. The van der Waals surface area contributed by atoms with Crippen LogP contribution < -0.4 is 10.5 Å². The van der Waals surface area contributed by atoms with E-state index in [4.69, 9.17) is 10.5 Å². The Morgan fingerprint density at radius 2 is 1.78 bits per heavy atom. The van der Waals surface area contributed by atoms with Gasteiger partial charge in [0, 0.05) is 5.54 Å². The van der Waals surface area contributed by atoms with E-state index in [1.165, 1.54) is 58.1 Å². The third kappa shape index (κ3) is 10.7. The Balaban J connectivity index is 0.000000422. The summed E-state index contributed by atoms with van der Waals surface area (Å²) in [6.45, 7) is 6.47. The van der Waals surface area contributed by atoms with E-state index >= 15 is 0 Å². The summed E-state index contributed by atoms with van der Waals surface area (Å²) in [4.78, 5) is 10.3. The summed E-state index contributed by atoms with van der Waals surface area (Å²) < 4.78 is 4.78. The highest BCUT2D eigenvalue weighted by Gasteiger charge is 2.08. The monoisotopic (exact) mass is 323 g/mol. The van der Waals surface area contributed by atoms with Crippen LogP contribution in [0, 0.1) is 0 Å². The molecule has 0 aliphatic carbocycles. The highest BCUT2D eigenvalue weighted by molar-refractivity contribution is 5.80. The van der Waals surface area contributed by atoms with Crippen molar-refractivity contribution in [3.63, 3.8) is 0 Å². The van der Waals surface area contributed by atoms with E-state index < -0.39 is 0 Å². The molecule has 0 saturated carbocycles. The fourth-order valence-corrected chi connectivity index (χ4v) is 2.16. The van der Waals surface area contributed by atoms with Crippen molar-refractivity contribution in [2.45, 2.75) is 71.3 Å². The standard InChI is InChI=1S/C11H25N.C8H8O3/c1-4-5-6-7-8-9-10-11(2,3)12;1-11-7-4-2-3-6(5-9)8(7)10/h4-10,12H2,1-3H3;2-5,10H,1H3. The van der Waals surface area contributed by atoms with E-state index in [-0.39, 0.29) is 16.9 Å². The van der Waals surface area contributed by atoms with E-state index in [9.17, 15) is 9.90 Å². The molecule has 0 saturated heterocycles. The number of phenols is 1. The first-order chi connectivity index (χ1) is 10.9. The van der Waals surface area contributed by atoms with Gasteiger partial charge >= 0.3 is 0 Å². The Hall–Kier alpha value is -1.55. The maximum absolute atomic E-state index is 10.3. The zero-order valence-corrected chi connectivity index (χ0v) is 15.1. The van der Waals surface area contributed by atoms with Crippen molar-refractivity contribution in [2.75, 3.05) is 7.11 Å². The number of carbonyl (C=O) groups is 1. The molecule has 1 aromatic carbocycles. The van der Waals surface area contributed by atoms with Crippen molar-refractivity contribution < 1.29 is 14.6 Å². The molecular formula is C19H33NO3. The number of para-hydroxylation sites is 1. The Morgan fingerprint density at radius 3 is 2.30 bits per heavy atom. The van der Waals surface area contributed by atoms with Crippen LogP contribution in [-0.4, -0.2) is 24.0 Å². The molecule has 1 rings (SSSR count). The average Bonchev–Trinajstić information content (AvgIpc) is 2.50. The van der Waals surface area contributed by atoms with Gasteiger partial charge in [-0.15, -0.1) is 0 Å². The van der Waals surface area contributed by atoms with Crippen molar-refractivity contribution in [3.8, 4) is 11.5 Å². The lowest BCUT2D eigenvalue weighted by Gasteiger charge is -2.17. The van der Waals surface area contributed by atoms with Gasteiger partial charge in [-0.2, -0.15) is 0 Å². The van der Waals surface area contributed by atoms with Gasteiger partial charge in [-0.1, -0.05) is 51.5 Å². The highest BCUT2D eigenvalue weighted by atomic mass is 16.5. The van der Waals surface area contributed by atoms with Crippen LogP contribution in [0.15, 0.2) is 18.2 Å². The third-order valence-electron chi connectivity index (χ3n) is 3.55. The second kappa shape index (κ2) is 11.9. The number of nitrogens with two attached hydrogens (primary N) is 1. The summed E-state index contributed by atoms with van der Waals surface area (Å²) >= 11 is 0. The largest absolute Gasteiger partial charge is 0.504 e. The second-order valence-corrected chi connectivity index (χ2v) is 6.52. The molecule has 0 fully saturated rings. The van der Waals surface area contributed by atoms with Gasteiger partial charge in [-0.3, -0.25) is 4.79 Å². The van der Waals surface area contributed by atoms with Crippen molar-refractivity contribution in [1.82, 2.24) is 0 Å². The molecule has 0 spiro atoms. The van der Waals surface area contributed by atoms with E-state index in [2.05, 4.69) is 20.8 Å². The van der Waals surface area contributed by atoms with Gasteiger partial charge < -0.3 is 15.6 Å². The fraction of sp³-hybridized carbons (Fsp3) is 0.632. The van der Waals surface area contributed by atoms with Crippen LogP contribution in [0.3, 0.4) is 0 Å². The van der Waals surface area contributed by atoms with Crippen molar-refractivity contribution >= 4 is 6.29 Å². The smallest absolute Gasteiger partial charge is 0.168 e. The number of benzene rings is 1. The summed E-state index contributed by atoms with van der Waals surface area (Å²) in [5.74, 6) is 0.208. The molecule has 0 bridgehead atoms. The fourth-order valence-electron chi connectivity index (χ4n) is 2.16. The van der Waals surface area contributed by atoms with Crippen LogP contribution in [0.2, 0.25) is 0 Å². The molecule has 4 heteroatoms. The number of ether oxygens (including phenoxy) is 1. The van der Waals surface area contributed by atoms with Crippen molar-refractivity contribution in [2.24, 2.45) is 5.73 Å². The summed E-state index contributed by atoms with van der Waals surface area (Å²) in [6.07, 6.45) is 9.94. The van der Waals surface area contributed by atoms with Gasteiger partial charge in [-0.05, 0) is 32.4 Å². The molecule has 0 aromatic heterocycles. The molecule has 132 valence electrons. The van der Waals surface area contributed by atoms with Gasteiger partial charge in [0.15, 0.2) is 17.8 Å². The Bertz CT molecular complexity index is 439. The maximum atomic E-state index is 10.3. The number of methoxy groups -OCH3 is 1. The first-order valence-electron chi connectivity index (χ1n) is 8.45. The van der Waals surface area contributed by atoms with Gasteiger partial charge in [0.2, 0.25) is 0 Å². The highest BCUT2D eigenvalue weighted by Crippen LogP contribution is 2.27. The third-order valence-corrected chi connectivity index (χ3v) is 3.55. The second-order valence-electron chi connectivity index (χ2n) is 6.52. The normalized spacial score (nSPS) is 10.7. The number of phenolic OH excluding ortho intramolecular Hbond substituents is 1. The molecule has 0 amide bonds. The lowest BCUT2D eigenvalue weighted by atomic mass is 9.97. The van der Waals surface area contributed by atoms with Crippen LogP contribution >= 0.6 is 0 Å². The van der Waals surface area contributed by atoms with Crippen molar-refractivity contribution in [1.29, 1.82) is 0 Å². The number of carbonyl (C=O) groups excluding carboxylic acids is 1. The average molecular weight is 323 g/mol. The van der Waals surface area contributed by atoms with Crippen LogP contribution in [0.25, 0.3) is 0 Å². The molecule has 1 aromatic rings. The van der Waals surface area contributed by atoms with Gasteiger partial charge in [-0.25, -0.2) is 0 Å². The minimum absolute atomic E-state index is 0.0464. The minimum atomic E-state index is -0.106. The molecular weight excluding hydrogens is 290 g/mol. The zero-order valence-electron chi connectivity index (χ0n) is 15.1. The molecule has 0 atom stereocenters. The topological polar surface area (TPSA) is 72.5 Å². The van der Waals surface area contributed by atoms with Gasteiger partial charge in [0.05, 0.1) is 12.7 Å². The van der Waals surface area contributed by atoms with Crippen molar-refractivity contribution in [3.05, 3.63) is 23.8 Å². The van der Waals surface area contributed by atoms with E-state index in [1.807, 2.05) is 0 Å². The Morgan fingerprint density at radius 1 is 1.17 bits per heavy atom. The molecule has 0 aliphatic heterocycles. The molecule has 23 heavy (non-hydrogen) atoms. The predicted octanol–water partition coefficient (Wildman–Crippen LogP) is 4.69. The maximum Gasteiger partial charge on any atom is 0.168 e. The van der Waals surface area contributed by atoms with Gasteiger partial charge in [0.25, 0.3) is 0 Å². The number of aromatic hydroxyl groups is 1. The van der Waals surface area contributed by atoms with Crippen LogP contribution in [-0.2, 0) is 0 Å². The number of hydrogen-bond acceptors (Lipinski definition) is 4. The van der Waals surface area contributed by atoms with Gasteiger partial charge in [0.1, 0.15) is 0 Å². The summed E-state index contributed by atoms with van der Waals surface area (Å²) in [5, 5.41) is 9.23.